The molecule has 1 fully saturated rings. The van der Waals surface area contributed by atoms with Crippen molar-refractivity contribution in [2.24, 2.45) is 10.9 Å². The van der Waals surface area contributed by atoms with Crippen LogP contribution < -0.4 is 10.6 Å². The van der Waals surface area contributed by atoms with Crippen LogP contribution in [0, 0.1) is 5.92 Å². The molecule has 0 atom stereocenters. The summed E-state index contributed by atoms with van der Waals surface area (Å²) in [6.45, 7) is 12.3. The average Bonchev–Trinajstić information content (AvgIpc) is 3.17. The highest BCUT2D eigenvalue weighted by Crippen LogP contribution is 2.17. The quantitative estimate of drug-likeness (QED) is 0.495. The van der Waals surface area contributed by atoms with E-state index < -0.39 is 0 Å². The van der Waals surface area contributed by atoms with Crippen molar-refractivity contribution in [2.45, 2.75) is 72.4 Å². The number of hydrogen-bond donors (Lipinski definition) is 2. The number of carbonyl (C=O) groups excluding carboxylic acids is 1. The van der Waals surface area contributed by atoms with E-state index in [1.165, 1.54) is 0 Å². The van der Waals surface area contributed by atoms with Gasteiger partial charge in [0.25, 0.3) is 0 Å². The molecular formula is C20H37N7O. The Morgan fingerprint density at radius 3 is 2.57 bits per heavy atom. The third kappa shape index (κ3) is 6.21. The molecule has 0 bridgehead atoms. The van der Waals surface area contributed by atoms with E-state index in [-0.39, 0.29) is 5.92 Å². The van der Waals surface area contributed by atoms with Crippen molar-refractivity contribution < 1.29 is 4.79 Å². The number of aromatic nitrogens is 3. The Kier molecular flexibility index (Phi) is 9.23. The van der Waals surface area contributed by atoms with Gasteiger partial charge in [-0.2, -0.15) is 0 Å². The smallest absolute Gasteiger partial charge is 0.225 e. The van der Waals surface area contributed by atoms with E-state index in [0.29, 0.717) is 18.5 Å². The molecule has 1 aromatic rings. The number of nitrogens with zero attached hydrogens (tertiary/aromatic N) is 5. The minimum absolute atomic E-state index is 0.175. The minimum atomic E-state index is 0.175. The van der Waals surface area contributed by atoms with Crippen molar-refractivity contribution >= 4 is 11.9 Å². The van der Waals surface area contributed by atoms with Gasteiger partial charge in [-0.3, -0.25) is 9.79 Å². The Morgan fingerprint density at radius 2 is 1.96 bits per heavy atom. The molecule has 1 aromatic heterocycles. The van der Waals surface area contributed by atoms with Gasteiger partial charge in [0.1, 0.15) is 12.2 Å². The number of amides is 1. The zero-order chi connectivity index (χ0) is 20.4. The largest absolute Gasteiger partial charge is 0.357 e. The van der Waals surface area contributed by atoms with Gasteiger partial charge < -0.3 is 20.1 Å². The molecule has 0 saturated carbocycles. The lowest BCUT2D eigenvalue weighted by Gasteiger charge is -2.34. The van der Waals surface area contributed by atoms with Gasteiger partial charge in [-0.1, -0.05) is 20.8 Å². The molecule has 2 heterocycles. The van der Waals surface area contributed by atoms with Crippen LogP contribution in [0.1, 0.15) is 59.2 Å². The lowest BCUT2D eigenvalue weighted by molar-refractivity contribution is -0.136. The van der Waals surface area contributed by atoms with Crippen LogP contribution in [0.15, 0.2) is 11.3 Å². The molecule has 0 aromatic carbocycles. The Hall–Kier alpha value is -2.12. The lowest BCUT2D eigenvalue weighted by atomic mass is 9.98. The van der Waals surface area contributed by atoms with Gasteiger partial charge in [0.2, 0.25) is 5.91 Å². The summed E-state index contributed by atoms with van der Waals surface area (Å²) >= 11 is 0. The van der Waals surface area contributed by atoms with Crippen LogP contribution >= 0.6 is 0 Å². The van der Waals surface area contributed by atoms with Crippen molar-refractivity contribution in [3.8, 4) is 0 Å². The van der Waals surface area contributed by atoms with Gasteiger partial charge in [0.05, 0.1) is 6.54 Å². The van der Waals surface area contributed by atoms with Crippen molar-refractivity contribution in [2.75, 3.05) is 26.2 Å². The molecule has 158 valence electrons. The summed E-state index contributed by atoms with van der Waals surface area (Å²) in [5.74, 6) is 2.33. The van der Waals surface area contributed by atoms with E-state index in [9.17, 15) is 4.79 Å². The average molecular weight is 392 g/mol. The zero-order valence-electron chi connectivity index (χ0n) is 17.9. The second-order valence-corrected chi connectivity index (χ2v) is 7.31. The van der Waals surface area contributed by atoms with Crippen LogP contribution in [0.4, 0.5) is 0 Å². The van der Waals surface area contributed by atoms with E-state index in [0.717, 1.165) is 70.1 Å². The summed E-state index contributed by atoms with van der Waals surface area (Å²) in [5, 5.41) is 14.9. The van der Waals surface area contributed by atoms with E-state index in [1.807, 2.05) is 4.90 Å². The third-order valence-electron chi connectivity index (χ3n) is 5.45. The Labute approximate surface area is 169 Å². The molecule has 2 rings (SSSR count). The van der Waals surface area contributed by atoms with Gasteiger partial charge in [-0.25, -0.2) is 0 Å². The molecule has 0 aliphatic carbocycles. The number of hydrogen-bond acceptors (Lipinski definition) is 4. The van der Waals surface area contributed by atoms with Crippen molar-refractivity contribution in [3.63, 3.8) is 0 Å². The third-order valence-corrected chi connectivity index (χ3v) is 5.45. The molecule has 8 nitrogen and oxygen atoms in total. The van der Waals surface area contributed by atoms with Crippen LogP contribution in [0.5, 0.6) is 0 Å². The summed E-state index contributed by atoms with van der Waals surface area (Å²) < 4.78 is 2.05. The van der Waals surface area contributed by atoms with Gasteiger partial charge in [-0.15, -0.1) is 10.2 Å². The first-order chi connectivity index (χ1) is 13.6. The van der Waals surface area contributed by atoms with Gasteiger partial charge in [0.15, 0.2) is 5.96 Å². The molecule has 1 aliphatic heterocycles. The molecule has 0 unspecified atom stereocenters. The molecule has 0 radical (unpaired) electrons. The summed E-state index contributed by atoms with van der Waals surface area (Å²) in [6.07, 6.45) is 6.41. The molecular weight excluding hydrogens is 354 g/mol. The van der Waals surface area contributed by atoms with E-state index in [2.05, 4.69) is 53.1 Å². The summed E-state index contributed by atoms with van der Waals surface area (Å²) in [7, 11) is 0. The predicted octanol–water partition coefficient (Wildman–Crippen LogP) is 1.82. The van der Waals surface area contributed by atoms with Crippen LogP contribution in [0.25, 0.3) is 0 Å². The van der Waals surface area contributed by atoms with Crippen LogP contribution in [0.2, 0.25) is 0 Å². The molecule has 1 saturated heterocycles. The number of rotatable bonds is 9. The first-order valence-corrected chi connectivity index (χ1v) is 10.8. The van der Waals surface area contributed by atoms with Crippen molar-refractivity contribution in [1.82, 2.24) is 30.3 Å². The number of piperidine rings is 1. The van der Waals surface area contributed by atoms with Gasteiger partial charge >= 0.3 is 0 Å². The number of nitrogens with one attached hydrogen (secondary N) is 2. The second-order valence-electron chi connectivity index (χ2n) is 7.31. The van der Waals surface area contributed by atoms with Crippen LogP contribution in [-0.4, -0.2) is 63.8 Å². The van der Waals surface area contributed by atoms with Gasteiger partial charge in [-0.05, 0) is 32.6 Å². The topological polar surface area (TPSA) is 87.4 Å². The number of likely N-dealkylation sites (tertiary alicyclic amines) is 1. The lowest BCUT2D eigenvalue weighted by Crippen LogP contribution is -2.50. The predicted molar refractivity (Wildman–Crippen MR) is 112 cm³/mol. The normalized spacial score (nSPS) is 15.9. The molecule has 28 heavy (non-hydrogen) atoms. The molecule has 1 aliphatic rings. The monoisotopic (exact) mass is 391 g/mol. The Morgan fingerprint density at radius 1 is 1.25 bits per heavy atom. The molecule has 2 N–H and O–H groups in total. The molecule has 8 heteroatoms. The summed E-state index contributed by atoms with van der Waals surface area (Å²) in [4.78, 5) is 19.3. The number of aryl methyl sites for hydroxylation is 1. The van der Waals surface area contributed by atoms with E-state index in [1.54, 1.807) is 6.33 Å². The summed E-state index contributed by atoms with van der Waals surface area (Å²) in [6, 6.07) is 0.352. The van der Waals surface area contributed by atoms with Crippen LogP contribution in [0.3, 0.4) is 0 Å². The fourth-order valence-electron chi connectivity index (χ4n) is 3.66. The maximum atomic E-state index is 12.6. The maximum absolute atomic E-state index is 12.6. The Bertz CT molecular complexity index is 616. The molecule has 0 spiro atoms. The number of carbonyl (C=O) groups is 1. The van der Waals surface area contributed by atoms with E-state index >= 15 is 0 Å². The van der Waals surface area contributed by atoms with Gasteiger partial charge in [0, 0.05) is 44.6 Å². The SMILES string of the molecule is CCNC(=NCCn1cnnc1CC)NC1CCN(C(=O)C(CC)CC)CC1. The summed E-state index contributed by atoms with van der Waals surface area (Å²) in [5.41, 5.74) is 0. The minimum Gasteiger partial charge on any atom is -0.357 e. The fraction of sp³-hybridized carbons (Fsp3) is 0.800. The second kappa shape index (κ2) is 11.7. The highest BCUT2D eigenvalue weighted by Gasteiger charge is 2.26. The number of aliphatic imine (C=N–C) groups is 1. The van der Waals surface area contributed by atoms with Crippen LogP contribution in [-0.2, 0) is 17.8 Å². The zero-order valence-corrected chi connectivity index (χ0v) is 17.9. The van der Waals surface area contributed by atoms with E-state index in [4.69, 9.17) is 4.99 Å². The Balaban J connectivity index is 1.83. The maximum Gasteiger partial charge on any atom is 0.225 e. The standard InChI is InChI=1S/C20H37N7O/c1-5-16(6-2)19(28)26-12-9-17(10-13-26)24-20(21-8-4)22-11-14-27-15-23-25-18(27)7-3/h15-17H,5-14H2,1-4H3,(H2,21,22,24). The highest BCUT2D eigenvalue weighted by molar-refractivity contribution is 5.80. The van der Waals surface area contributed by atoms with Crippen molar-refractivity contribution in [3.05, 3.63) is 12.2 Å². The highest BCUT2D eigenvalue weighted by atomic mass is 16.2. The van der Waals surface area contributed by atoms with Crippen molar-refractivity contribution in [1.29, 1.82) is 0 Å². The molecule has 1 amide bonds. The fourth-order valence-corrected chi connectivity index (χ4v) is 3.66. The number of guanidine groups is 1. The first-order valence-electron chi connectivity index (χ1n) is 10.8. The first kappa shape index (κ1) is 22.2.